The average Bonchev–Trinajstić information content (AvgIpc) is 2.26. The van der Waals surface area contributed by atoms with E-state index >= 15 is 0 Å². The summed E-state index contributed by atoms with van der Waals surface area (Å²) in [6, 6.07) is 5.43. The SMILES string of the molecule is C=C(CCC=Cc1ccc(C)cc1O)C(=O)O. The summed E-state index contributed by atoms with van der Waals surface area (Å²) in [6.45, 7) is 5.35. The first kappa shape index (κ1) is 13.0. The molecule has 0 unspecified atom stereocenters. The molecule has 0 heterocycles. The van der Waals surface area contributed by atoms with Gasteiger partial charge in [0.25, 0.3) is 0 Å². The van der Waals surface area contributed by atoms with Crippen LogP contribution >= 0.6 is 0 Å². The second-order valence-electron chi connectivity index (χ2n) is 3.91. The molecule has 1 rings (SSSR count). The molecule has 2 N–H and O–H groups in total. The first-order valence-corrected chi connectivity index (χ1v) is 5.38. The number of rotatable bonds is 5. The maximum atomic E-state index is 10.5. The minimum absolute atomic E-state index is 0.197. The highest BCUT2D eigenvalue weighted by atomic mass is 16.4. The lowest BCUT2D eigenvalue weighted by molar-refractivity contribution is -0.132. The molecule has 0 atom stereocenters. The number of aryl methyl sites for hydroxylation is 1. The van der Waals surface area contributed by atoms with Crippen LogP contribution in [0.25, 0.3) is 6.08 Å². The topological polar surface area (TPSA) is 57.5 Å². The van der Waals surface area contributed by atoms with Gasteiger partial charge in [0.2, 0.25) is 0 Å². The first-order valence-electron chi connectivity index (χ1n) is 5.38. The predicted octanol–water partition coefficient (Wildman–Crippen LogP) is 3.13. The lowest BCUT2D eigenvalue weighted by Crippen LogP contribution is -1.97. The predicted molar refractivity (Wildman–Crippen MR) is 67.9 cm³/mol. The lowest BCUT2D eigenvalue weighted by Gasteiger charge is -2.00. The Morgan fingerprint density at radius 3 is 2.76 bits per heavy atom. The van der Waals surface area contributed by atoms with E-state index in [-0.39, 0.29) is 11.3 Å². The van der Waals surface area contributed by atoms with E-state index < -0.39 is 5.97 Å². The minimum Gasteiger partial charge on any atom is -0.507 e. The van der Waals surface area contributed by atoms with Gasteiger partial charge in [-0.25, -0.2) is 4.79 Å². The van der Waals surface area contributed by atoms with Gasteiger partial charge in [-0.3, -0.25) is 0 Å². The number of allylic oxidation sites excluding steroid dienone is 1. The number of carboxylic acids is 1. The Balaban J connectivity index is 2.54. The van der Waals surface area contributed by atoms with E-state index in [0.29, 0.717) is 12.8 Å². The molecular weight excluding hydrogens is 216 g/mol. The Kier molecular flexibility index (Phi) is 4.52. The van der Waals surface area contributed by atoms with Gasteiger partial charge in [0, 0.05) is 11.1 Å². The Labute approximate surface area is 101 Å². The molecule has 0 aliphatic heterocycles. The lowest BCUT2D eigenvalue weighted by atomic mass is 10.1. The van der Waals surface area contributed by atoms with Crippen LogP contribution in [0.15, 0.2) is 36.4 Å². The molecule has 90 valence electrons. The second-order valence-corrected chi connectivity index (χ2v) is 3.91. The largest absolute Gasteiger partial charge is 0.507 e. The van der Waals surface area contributed by atoms with Crippen LogP contribution in [0.1, 0.15) is 24.0 Å². The molecule has 1 aromatic carbocycles. The van der Waals surface area contributed by atoms with Crippen molar-refractivity contribution in [2.45, 2.75) is 19.8 Å². The van der Waals surface area contributed by atoms with Crippen LogP contribution in [0.2, 0.25) is 0 Å². The maximum absolute atomic E-state index is 10.5. The molecule has 17 heavy (non-hydrogen) atoms. The molecule has 0 aromatic heterocycles. The molecular formula is C14H16O3. The smallest absolute Gasteiger partial charge is 0.330 e. The Hall–Kier alpha value is -2.03. The Morgan fingerprint density at radius 2 is 2.18 bits per heavy atom. The van der Waals surface area contributed by atoms with E-state index in [1.165, 1.54) is 0 Å². The standard InChI is InChI=1S/C14H16O3/c1-10-7-8-12(13(15)9-10)6-4-3-5-11(2)14(16)17/h4,6-9,15H,2-3,5H2,1H3,(H,16,17). The van der Waals surface area contributed by atoms with Crippen LogP contribution in [0.3, 0.4) is 0 Å². The second kappa shape index (κ2) is 5.89. The summed E-state index contributed by atoms with van der Waals surface area (Å²) < 4.78 is 0. The van der Waals surface area contributed by atoms with Crippen LogP contribution < -0.4 is 0 Å². The number of aliphatic carboxylic acids is 1. The van der Waals surface area contributed by atoms with Gasteiger partial charge in [0.1, 0.15) is 5.75 Å². The van der Waals surface area contributed by atoms with Gasteiger partial charge < -0.3 is 10.2 Å². The quantitative estimate of drug-likeness (QED) is 0.767. The van der Waals surface area contributed by atoms with Crippen molar-refractivity contribution in [3.8, 4) is 5.75 Å². The van der Waals surface area contributed by atoms with Gasteiger partial charge >= 0.3 is 5.97 Å². The van der Waals surface area contributed by atoms with E-state index in [1.54, 1.807) is 12.1 Å². The van der Waals surface area contributed by atoms with E-state index in [0.717, 1.165) is 11.1 Å². The molecule has 0 saturated heterocycles. The van der Waals surface area contributed by atoms with Gasteiger partial charge in [0.15, 0.2) is 0 Å². The Bertz CT molecular complexity index is 459. The molecule has 3 heteroatoms. The van der Waals surface area contributed by atoms with Crippen molar-refractivity contribution >= 4 is 12.0 Å². The summed E-state index contributed by atoms with van der Waals surface area (Å²) in [4.78, 5) is 10.5. The van der Waals surface area contributed by atoms with E-state index in [9.17, 15) is 9.90 Å². The van der Waals surface area contributed by atoms with Gasteiger partial charge in [0.05, 0.1) is 0 Å². The van der Waals surface area contributed by atoms with Gasteiger partial charge in [-0.1, -0.05) is 30.9 Å². The molecule has 0 bridgehead atoms. The average molecular weight is 232 g/mol. The van der Waals surface area contributed by atoms with Crippen LogP contribution in [0.5, 0.6) is 5.75 Å². The summed E-state index contributed by atoms with van der Waals surface area (Å²) in [7, 11) is 0. The zero-order valence-electron chi connectivity index (χ0n) is 9.81. The molecule has 0 fully saturated rings. The highest BCUT2D eigenvalue weighted by Gasteiger charge is 2.01. The highest BCUT2D eigenvalue weighted by Crippen LogP contribution is 2.20. The number of aromatic hydroxyl groups is 1. The summed E-state index contributed by atoms with van der Waals surface area (Å²) in [5, 5.41) is 18.2. The number of phenols is 1. The minimum atomic E-state index is -0.961. The molecule has 0 saturated carbocycles. The van der Waals surface area contributed by atoms with Crippen molar-refractivity contribution in [1.82, 2.24) is 0 Å². The summed E-state index contributed by atoms with van der Waals surface area (Å²) in [6.07, 6.45) is 4.62. The van der Waals surface area contributed by atoms with E-state index in [4.69, 9.17) is 5.11 Å². The number of benzene rings is 1. The van der Waals surface area contributed by atoms with Crippen LogP contribution in [-0.4, -0.2) is 16.2 Å². The van der Waals surface area contributed by atoms with Gasteiger partial charge in [-0.15, -0.1) is 0 Å². The monoisotopic (exact) mass is 232 g/mol. The number of hydrogen-bond acceptors (Lipinski definition) is 2. The zero-order valence-corrected chi connectivity index (χ0v) is 9.81. The summed E-state index contributed by atoms with van der Waals surface area (Å²) in [5.74, 6) is -0.727. The fourth-order valence-corrected chi connectivity index (χ4v) is 1.37. The third-order valence-electron chi connectivity index (χ3n) is 2.40. The number of phenolic OH excluding ortho intramolecular Hbond substituents is 1. The number of hydrogen-bond donors (Lipinski definition) is 2. The van der Waals surface area contributed by atoms with Crippen molar-refractivity contribution < 1.29 is 15.0 Å². The van der Waals surface area contributed by atoms with Crippen LogP contribution in [0.4, 0.5) is 0 Å². The molecule has 0 aliphatic carbocycles. The van der Waals surface area contributed by atoms with Crippen molar-refractivity contribution in [3.63, 3.8) is 0 Å². The number of carboxylic acid groups (broad SMARTS) is 1. The molecule has 0 spiro atoms. The maximum Gasteiger partial charge on any atom is 0.330 e. The molecule has 0 amide bonds. The third-order valence-corrected chi connectivity index (χ3v) is 2.40. The number of carbonyl (C=O) groups is 1. The van der Waals surface area contributed by atoms with Crippen molar-refractivity contribution in [3.05, 3.63) is 47.6 Å². The zero-order chi connectivity index (χ0) is 12.8. The fourth-order valence-electron chi connectivity index (χ4n) is 1.37. The molecule has 0 aliphatic rings. The van der Waals surface area contributed by atoms with Crippen LogP contribution in [0, 0.1) is 6.92 Å². The van der Waals surface area contributed by atoms with Crippen molar-refractivity contribution in [1.29, 1.82) is 0 Å². The van der Waals surface area contributed by atoms with Gasteiger partial charge in [-0.05, 0) is 31.4 Å². The highest BCUT2D eigenvalue weighted by molar-refractivity contribution is 5.85. The summed E-state index contributed by atoms with van der Waals surface area (Å²) >= 11 is 0. The fraction of sp³-hybridized carbons (Fsp3) is 0.214. The molecule has 0 radical (unpaired) electrons. The van der Waals surface area contributed by atoms with E-state index in [1.807, 2.05) is 25.1 Å². The summed E-state index contributed by atoms with van der Waals surface area (Å²) in [5.41, 5.74) is 1.93. The Morgan fingerprint density at radius 1 is 1.47 bits per heavy atom. The van der Waals surface area contributed by atoms with Crippen LogP contribution in [-0.2, 0) is 4.79 Å². The van der Waals surface area contributed by atoms with E-state index in [2.05, 4.69) is 6.58 Å². The molecule has 1 aromatic rings. The van der Waals surface area contributed by atoms with Gasteiger partial charge in [-0.2, -0.15) is 0 Å². The first-order chi connectivity index (χ1) is 8.00. The molecule has 3 nitrogen and oxygen atoms in total. The van der Waals surface area contributed by atoms with Crippen molar-refractivity contribution in [2.24, 2.45) is 0 Å². The third kappa shape index (κ3) is 4.15. The normalized spacial score (nSPS) is 10.6. The van der Waals surface area contributed by atoms with Crippen molar-refractivity contribution in [2.75, 3.05) is 0 Å².